The van der Waals surface area contributed by atoms with E-state index in [0.29, 0.717) is 11.7 Å². The first-order valence-corrected chi connectivity index (χ1v) is 5.67. The number of nitrogens with zero attached hydrogens (tertiary/aromatic N) is 3. The van der Waals surface area contributed by atoms with E-state index in [4.69, 9.17) is 0 Å². The molecule has 0 bridgehead atoms. The molecule has 0 spiro atoms. The van der Waals surface area contributed by atoms with Gasteiger partial charge in [0.25, 0.3) is 0 Å². The Balaban J connectivity index is 1.86. The summed E-state index contributed by atoms with van der Waals surface area (Å²) in [6, 6.07) is 4.43. The second kappa shape index (κ2) is 3.70. The summed E-state index contributed by atoms with van der Waals surface area (Å²) in [7, 11) is 0. The zero-order valence-corrected chi connectivity index (χ0v) is 9.22. The highest BCUT2D eigenvalue weighted by atomic mass is 15.0. The molecular formula is C12H14N4. The fourth-order valence-electron chi connectivity index (χ4n) is 1.88. The fraction of sp³-hybridized carbons (Fsp3) is 0.417. The number of hydrogen-bond acceptors (Lipinski definition) is 4. The first-order valence-electron chi connectivity index (χ1n) is 5.67. The Morgan fingerprint density at radius 2 is 2.06 bits per heavy atom. The van der Waals surface area contributed by atoms with E-state index in [9.17, 15) is 0 Å². The zero-order valence-electron chi connectivity index (χ0n) is 9.22. The van der Waals surface area contributed by atoms with Crippen LogP contribution in [-0.2, 0) is 0 Å². The molecule has 1 aliphatic carbocycles. The van der Waals surface area contributed by atoms with Gasteiger partial charge in [-0.25, -0.2) is 9.97 Å². The van der Waals surface area contributed by atoms with Crippen LogP contribution >= 0.6 is 0 Å². The summed E-state index contributed by atoms with van der Waals surface area (Å²) in [5.74, 6) is 1.71. The van der Waals surface area contributed by atoms with Crippen molar-refractivity contribution < 1.29 is 0 Å². The number of pyridine rings is 1. The fourth-order valence-corrected chi connectivity index (χ4v) is 1.88. The number of anilines is 1. The number of aromatic nitrogens is 3. The van der Waals surface area contributed by atoms with E-state index in [2.05, 4.69) is 27.2 Å². The standard InChI is InChI=1S/C12H14N4/c1-8(9-2-3-9)15-11-5-4-10-12(16-11)14-7-6-13-10/h4-9H,2-3H2,1H3,(H,14,15,16). The second-order valence-electron chi connectivity index (χ2n) is 4.37. The third kappa shape index (κ3) is 1.83. The van der Waals surface area contributed by atoms with Crippen LogP contribution in [0, 0.1) is 5.92 Å². The molecule has 3 rings (SSSR count). The highest BCUT2D eigenvalue weighted by molar-refractivity contribution is 5.71. The van der Waals surface area contributed by atoms with Crippen molar-refractivity contribution in [2.45, 2.75) is 25.8 Å². The van der Waals surface area contributed by atoms with Crippen LogP contribution in [0.5, 0.6) is 0 Å². The van der Waals surface area contributed by atoms with Crippen molar-refractivity contribution in [1.29, 1.82) is 0 Å². The van der Waals surface area contributed by atoms with Crippen LogP contribution in [0.3, 0.4) is 0 Å². The summed E-state index contributed by atoms with van der Waals surface area (Å²) in [6.07, 6.45) is 6.02. The van der Waals surface area contributed by atoms with E-state index in [1.165, 1.54) is 12.8 Å². The molecule has 2 aromatic rings. The van der Waals surface area contributed by atoms with Crippen LogP contribution in [0.25, 0.3) is 11.2 Å². The highest BCUT2D eigenvalue weighted by Gasteiger charge is 2.27. The Morgan fingerprint density at radius 3 is 2.88 bits per heavy atom. The maximum atomic E-state index is 4.44. The molecular weight excluding hydrogens is 200 g/mol. The van der Waals surface area contributed by atoms with Crippen LogP contribution in [0.4, 0.5) is 5.82 Å². The normalized spacial score (nSPS) is 17.3. The quantitative estimate of drug-likeness (QED) is 0.851. The van der Waals surface area contributed by atoms with E-state index >= 15 is 0 Å². The first kappa shape index (κ1) is 9.51. The van der Waals surface area contributed by atoms with Gasteiger partial charge in [-0.3, -0.25) is 4.98 Å². The lowest BCUT2D eigenvalue weighted by Gasteiger charge is -2.13. The maximum absolute atomic E-state index is 4.44. The van der Waals surface area contributed by atoms with Crippen molar-refractivity contribution in [2.24, 2.45) is 5.92 Å². The van der Waals surface area contributed by atoms with Crippen molar-refractivity contribution in [2.75, 3.05) is 5.32 Å². The summed E-state index contributed by atoms with van der Waals surface area (Å²) in [5.41, 5.74) is 1.54. The predicted molar refractivity (Wildman–Crippen MR) is 63.1 cm³/mol. The molecule has 0 aromatic carbocycles. The van der Waals surface area contributed by atoms with E-state index in [-0.39, 0.29) is 0 Å². The lowest BCUT2D eigenvalue weighted by Crippen LogP contribution is -2.18. The maximum Gasteiger partial charge on any atom is 0.180 e. The third-order valence-corrected chi connectivity index (χ3v) is 3.04. The largest absolute Gasteiger partial charge is 0.367 e. The van der Waals surface area contributed by atoms with Crippen LogP contribution in [0.1, 0.15) is 19.8 Å². The summed E-state index contributed by atoms with van der Waals surface area (Å²) in [5, 5.41) is 3.42. The first-order chi connectivity index (χ1) is 7.83. The number of rotatable bonds is 3. The van der Waals surface area contributed by atoms with Gasteiger partial charge in [0, 0.05) is 18.4 Å². The number of fused-ring (bicyclic) bond motifs is 1. The predicted octanol–water partition coefficient (Wildman–Crippen LogP) is 2.24. The molecule has 0 aliphatic heterocycles. The number of hydrogen-bond donors (Lipinski definition) is 1. The molecule has 1 saturated carbocycles. The molecule has 82 valence electrons. The molecule has 1 atom stereocenters. The van der Waals surface area contributed by atoms with Gasteiger partial charge in [-0.1, -0.05) is 0 Å². The van der Waals surface area contributed by atoms with Gasteiger partial charge in [0.05, 0.1) is 0 Å². The Hall–Kier alpha value is -1.71. The van der Waals surface area contributed by atoms with Crippen molar-refractivity contribution in [3.8, 4) is 0 Å². The minimum Gasteiger partial charge on any atom is -0.367 e. The van der Waals surface area contributed by atoms with Crippen LogP contribution < -0.4 is 5.32 Å². The molecule has 1 unspecified atom stereocenters. The van der Waals surface area contributed by atoms with E-state index < -0.39 is 0 Å². The highest BCUT2D eigenvalue weighted by Crippen LogP contribution is 2.33. The molecule has 4 nitrogen and oxygen atoms in total. The van der Waals surface area contributed by atoms with Crippen molar-refractivity contribution in [3.05, 3.63) is 24.5 Å². The van der Waals surface area contributed by atoms with Gasteiger partial charge in [0.15, 0.2) is 5.65 Å². The molecule has 0 amide bonds. The Kier molecular flexibility index (Phi) is 2.20. The van der Waals surface area contributed by atoms with Crippen LogP contribution in [-0.4, -0.2) is 21.0 Å². The van der Waals surface area contributed by atoms with Gasteiger partial charge in [-0.2, -0.15) is 0 Å². The zero-order chi connectivity index (χ0) is 11.0. The smallest absolute Gasteiger partial charge is 0.180 e. The average molecular weight is 214 g/mol. The lowest BCUT2D eigenvalue weighted by molar-refractivity contribution is 0.691. The van der Waals surface area contributed by atoms with Gasteiger partial charge in [-0.15, -0.1) is 0 Å². The van der Waals surface area contributed by atoms with Crippen LogP contribution in [0.15, 0.2) is 24.5 Å². The summed E-state index contributed by atoms with van der Waals surface area (Å²) in [6.45, 7) is 2.21. The molecule has 2 aromatic heterocycles. The lowest BCUT2D eigenvalue weighted by atomic mass is 10.2. The molecule has 1 N–H and O–H groups in total. The molecule has 2 heterocycles. The Labute approximate surface area is 94.1 Å². The topological polar surface area (TPSA) is 50.7 Å². The van der Waals surface area contributed by atoms with Crippen molar-refractivity contribution in [1.82, 2.24) is 15.0 Å². The van der Waals surface area contributed by atoms with Gasteiger partial charge in [-0.05, 0) is 37.8 Å². The minimum absolute atomic E-state index is 0.502. The summed E-state index contributed by atoms with van der Waals surface area (Å²) in [4.78, 5) is 12.8. The van der Waals surface area contributed by atoms with E-state index in [0.717, 1.165) is 17.3 Å². The number of nitrogens with one attached hydrogen (secondary N) is 1. The van der Waals surface area contributed by atoms with Gasteiger partial charge >= 0.3 is 0 Å². The monoisotopic (exact) mass is 214 g/mol. The second-order valence-corrected chi connectivity index (χ2v) is 4.37. The SMILES string of the molecule is CC(Nc1ccc2nccnc2n1)C1CC1. The van der Waals surface area contributed by atoms with Crippen molar-refractivity contribution >= 4 is 17.0 Å². The summed E-state index contributed by atoms with van der Waals surface area (Å²) < 4.78 is 0. The molecule has 0 saturated heterocycles. The molecule has 0 radical (unpaired) electrons. The molecule has 1 aliphatic rings. The Morgan fingerprint density at radius 1 is 1.25 bits per heavy atom. The average Bonchev–Trinajstić information content (AvgIpc) is 3.12. The minimum atomic E-state index is 0.502. The van der Waals surface area contributed by atoms with Gasteiger partial charge in [0.2, 0.25) is 0 Å². The van der Waals surface area contributed by atoms with Crippen molar-refractivity contribution in [3.63, 3.8) is 0 Å². The summed E-state index contributed by atoms with van der Waals surface area (Å²) >= 11 is 0. The van der Waals surface area contributed by atoms with E-state index in [1.807, 2.05) is 12.1 Å². The molecule has 16 heavy (non-hydrogen) atoms. The third-order valence-electron chi connectivity index (χ3n) is 3.04. The van der Waals surface area contributed by atoms with Crippen LogP contribution in [0.2, 0.25) is 0 Å². The Bertz CT molecular complexity index is 507. The molecule has 1 fully saturated rings. The van der Waals surface area contributed by atoms with E-state index in [1.54, 1.807) is 12.4 Å². The molecule has 4 heteroatoms. The van der Waals surface area contributed by atoms with Gasteiger partial charge < -0.3 is 5.32 Å². The van der Waals surface area contributed by atoms with Gasteiger partial charge in [0.1, 0.15) is 11.3 Å².